The normalized spacial score (nSPS) is 12.2. The summed E-state index contributed by atoms with van der Waals surface area (Å²) in [5.41, 5.74) is 0.724. The van der Waals surface area contributed by atoms with E-state index in [0.29, 0.717) is 6.04 Å². The van der Waals surface area contributed by atoms with Gasteiger partial charge in [0.2, 0.25) is 0 Å². The van der Waals surface area contributed by atoms with E-state index >= 15 is 0 Å². The number of hydrogen-bond acceptors (Lipinski definition) is 1. The highest BCUT2D eigenvalue weighted by molar-refractivity contribution is 9.10. The van der Waals surface area contributed by atoms with Crippen molar-refractivity contribution in [1.82, 2.24) is 5.32 Å². The van der Waals surface area contributed by atoms with E-state index in [1.807, 2.05) is 24.3 Å². The second kappa shape index (κ2) is 8.30. The predicted octanol–water partition coefficient (Wildman–Crippen LogP) is 4.54. The molecule has 1 aromatic carbocycles. The maximum atomic E-state index is 12.1. The lowest BCUT2D eigenvalue weighted by Crippen LogP contribution is -2.34. The van der Waals surface area contributed by atoms with E-state index < -0.39 is 0 Å². The molecule has 18 heavy (non-hydrogen) atoms. The first-order valence-corrected chi connectivity index (χ1v) is 7.53. The third kappa shape index (κ3) is 5.21. The lowest BCUT2D eigenvalue weighted by Gasteiger charge is -2.18. The standard InChI is InChI=1S/C15H22BrNO/c1-3-5-10-14(7-4-2)17-15(18)12-8-6-9-13(16)11-12/h6,8-9,11,14H,3-5,7,10H2,1-2H3,(H,17,18). The Morgan fingerprint density at radius 3 is 2.67 bits per heavy atom. The Morgan fingerprint density at radius 2 is 2.06 bits per heavy atom. The third-order valence-corrected chi connectivity index (χ3v) is 3.46. The molecule has 1 rings (SSSR count). The molecule has 0 saturated heterocycles. The lowest BCUT2D eigenvalue weighted by molar-refractivity contribution is 0.0932. The minimum absolute atomic E-state index is 0.0332. The highest BCUT2D eigenvalue weighted by Crippen LogP contribution is 2.13. The smallest absolute Gasteiger partial charge is 0.251 e. The summed E-state index contributed by atoms with van der Waals surface area (Å²) < 4.78 is 0.941. The fourth-order valence-corrected chi connectivity index (χ4v) is 2.39. The molecule has 3 heteroatoms. The van der Waals surface area contributed by atoms with Gasteiger partial charge in [-0.15, -0.1) is 0 Å². The molecule has 1 N–H and O–H groups in total. The van der Waals surface area contributed by atoms with E-state index in [1.54, 1.807) is 0 Å². The average Bonchev–Trinajstić information content (AvgIpc) is 2.36. The first kappa shape index (κ1) is 15.2. The third-order valence-electron chi connectivity index (χ3n) is 2.97. The summed E-state index contributed by atoms with van der Waals surface area (Å²) >= 11 is 3.39. The zero-order valence-corrected chi connectivity index (χ0v) is 12.8. The Morgan fingerprint density at radius 1 is 1.28 bits per heavy atom. The molecule has 100 valence electrons. The molecule has 1 atom stereocenters. The van der Waals surface area contributed by atoms with Gasteiger partial charge in [-0.25, -0.2) is 0 Å². The molecule has 1 aromatic rings. The predicted molar refractivity (Wildman–Crippen MR) is 79.8 cm³/mol. The summed E-state index contributed by atoms with van der Waals surface area (Å²) in [6.45, 7) is 4.34. The van der Waals surface area contributed by atoms with Gasteiger partial charge in [-0.2, -0.15) is 0 Å². The van der Waals surface area contributed by atoms with Crippen LogP contribution in [0.15, 0.2) is 28.7 Å². The molecule has 0 bridgehead atoms. The van der Waals surface area contributed by atoms with Crippen molar-refractivity contribution >= 4 is 21.8 Å². The van der Waals surface area contributed by atoms with Gasteiger partial charge >= 0.3 is 0 Å². The van der Waals surface area contributed by atoms with Crippen LogP contribution >= 0.6 is 15.9 Å². The van der Waals surface area contributed by atoms with Crippen LogP contribution in [0.5, 0.6) is 0 Å². The summed E-state index contributed by atoms with van der Waals surface area (Å²) in [5, 5.41) is 3.14. The van der Waals surface area contributed by atoms with E-state index in [2.05, 4.69) is 35.1 Å². The number of rotatable bonds is 7. The van der Waals surface area contributed by atoms with Gasteiger partial charge in [-0.3, -0.25) is 4.79 Å². The molecule has 0 aliphatic rings. The molecule has 0 radical (unpaired) electrons. The summed E-state index contributed by atoms with van der Waals surface area (Å²) in [4.78, 5) is 12.1. The van der Waals surface area contributed by atoms with Crippen LogP contribution in [-0.4, -0.2) is 11.9 Å². The van der Waals surface area contributed by atoms with Gasteiger partial charge in [-0.05, 0) is 31.0 Å². The van der Waals surface area contributed by atoms with E-state index in [0.717, 1.165) is 29.3 Å². The van der Waals surface area contributed by atoms with Crippen LogP contribution in [0.3, 0.4) is 0 Å². The van der Waals surface area contributed by atoms with Gasteiger partial charge in [-0.1, -0.05) is 55.1 Å². The Bertz CT molecular complexity index is 379. The summed E-state index contributed by atoms with van der Waals surface area (Å²) in [5.74, 6) is 0.0332. The summed E-state index contributed by atoms with van der Waals surface area (Å²) in [6, 6.07) is 7.83. The van der Waals surface area contributed by atoms with Crippen molar-refractivity contribution in [3.05, 3.63) is 34.3 Å². The van der Waals surface area contributed by atoms with Gasteiger partial charge in [0.05, 0.1) is 0 Å². The fourth-order valence-electron chi connectivity index (χ4n) is 1.99. The highest BCUT2D eigenvalue weighted by atomic mass is 79.9. The molecule has 2 nitrogen and oxygen atoms in total. The lowest BCUT2D eigenvalue weighted by atomic mass is 10.0. The van der Waals surface area contributed by atoms with E-state index in [-0.39, 0.29) is 5.91 Å². The first-order valence-electron chi connectivity index (χ1n) is 6.73. The summed E-state index contributed by atoms with van der Waals surface area (Å²) in [6.07, 6.45) is 5.58. The van der Waals surface area contributed by atoms with Gasteiger partial charge < -0.3 is 5.32 Å². The van der Waals surface area contributed by atoms with E-state index in [9.17, 15) is 4.79 Å². The topological polar surface area (TPSA) is 29.1 Å². The molecule has 0 heterocycles. The van der Waals surface area contributed by atoms with Crippen LogP contribution < -0.4 is 5.32 Å². The maximum absolute atomic E-state index is 12.1. The Balaban J connectivity index is 2.59. The molecule has 1 amide bonds. The quantitative estimate of drug-likeness (QED) is 0.787. The van der Waals surface area contributed by atoms with Crippen molar-refractivity contribution in [2.24, 2.45) is 0 Å². The van der Waals surface area contributed by atoms with Crippen molar-refractivity contribution in [3.63, 3.8) is 0 Å². The number of benzene rings is 1. The number of hydrogen-bond donors (Lipinski definition) is 1. The fraction of sp³-hybridized carbons (Fsp3) is 0.533. The van der Waals surface area contributed by atoms with Crippen LogP contribution in [0.2, 0.25) is 0 Å². The maximum Gasteiger partial charge on any atom is 0.251 e. The molecule has 0 spiro atoms. The van der Waals surface area contributed by atoms with Gasteiger partial charge in [0.25, 0.3) is 5.91 Å². The second-order valence-corrected chi connectivity index (χ2v) is 5.53. The van der Waals surface area contributed by atoms with Gasteiger partial charge in [0.15, 0.2) is 0 Å². The monoisotopic (exact) mass is 311 g/mol. The largest absolute Gasteiger partial charge is 0.349 e. The van der Waals surface area contributed by atoms with Crippen LogP contribution in [0.25, 0.3) is 0 Å². The molecular weight excluding hydrogens is 290 g/mol. The van der Waals surface area contributed by atoms with Crippen molar-refractivity contribution in [1.29, 1.82) is 0 Å². The Labute approximate surface area is 118 Å². The first-order chi connectivity index (χ1) is 8.67. The molecule has 0 saturated carbocycles. The SMILES string of the molecule is CCCCC(CCC)NC(=O)c1cccc(Br)c1. The molecule has 0 aromatic heterocycles. The number of unbranched alkanes of at least 4 members (excludes halogenated alkanes) is 1. The number of carbonyl (C=O) groups is 1. The van der Waals surface area contributed by atoms with Gasteiger partial charge in [0, 0.05) is 16.1 Å². The molecule has 0 fully saturated rings. The van der Waals surface area contributed by atoms with Crippen LogP contribution in [0.1, 0.15) is 56.3 Å². The minimum Gasteiger partial charge on any atom is -0.349 e. The zero-order valence-electron chi connectivity index (χ0n) is 11.2. The average molecular weight is 312 g/mol. The van der Waals surface area contributed by atoms with E-state index in [1.165, 1.54) is 12.8 Å². The highest BCUT2D eigenvalue weighted by Gasteiger charge is 2.12. The van der Waals surface area contributed by atoms with Crippen LogP contribution in [0.4, 0.5) is 0 Å². The Kier molecular flexibility index (Phi) is 7.02. The number of nitrogens with one attached hydrogen (secondary N) is 1. The van der Waals surface area contributed by atoms with Crippen LogP contribution in [0, 0.1) is 0 Å². The molecule has 0 aliphatic heterocycles. The number of carbonyl (C=O) groups excluding carboxylic acids is 1. The van der Waals surface area contributed by atoms with Crippen molar-refractivity contribution in [2.75, 3.05) is 0 Å². The van der Waals surface area contributed by atoms with Crippen molar-refractivity contribution in [3.8, 4) is 0 Å². The number of amides is 1. The Hall–Kier alpha value is -0.830. The minimum atomic E-state index is 0.0332. The second-order valence-electron chi connectivity index (χ2n) is 4.61. The molecule has 1 unspecified atom stereocenters. The number of halogens is 1. The van der Waals surface area contributed by atoms with E-state index in [4.69, 9.17) is 0 Å². The molecule has 0 aliphatic carbocycles. The van der Waals surface area contributed by atoms with Crippen LogP contribution in [-0.2, 0) is 0 Å². The summed E-state index contributed by atoms with van der Waals surface area (Å²) in [7, 11) is 0. The van der Waals surface area contributed by atoms with Gasteiger partial charge in [0.1, 0.15) is 0 Å². The van der Waals surface area contributed by atoms with Crippen molar-refractivity contribution < 1.29 is 4.79 Å². The molecular formula is C15H22BrNO. The van der Waals surface area contributed by atoms with Crippen molar-refractivity contribution in [2.45, 2.75) is 52.0 Å². The zero-order chi connectivity index (χ0) is 13.4.